The van der Waals surface area contributed by atoms with Crippen molar-refractivity contribution in [2.24, 2.45) is 0 Å². The van der Waals surface area contributed by atoms with E-state index in [1.165, 1.54) is 0 Å². The molecule has 0 N–H and O–H groups in total. The first-order valence-electron chi connectivity index (χ1n) is 7.56. The van der Waals surface area contributed by atoms with Gasteiger partial charge in [0.25, 0.3) is 5.91 Å². The Hall–Kier alpha value is -2.13. The summed E-state index contributed by atoms with van der Waals surface area (Å²) in [4.78, 5) is 13.6. The maximum Gasteiger partial charge on any atom is 0.253 e. The van der Waals surface area contributed by atoms with Gasteiger partial charge in [0.2, 0.25) is 0 Å². The fourth-order valence-corrected chi connectivity index (χ4v) is 2.38. The quantitative estimate of drug-likeness (QED) is 0.829. The molecule has 2 aromatic rings. The number of benzene rings is 2. The molecule has 0 radical (unpaired) electrons. The van der Waals surface area contributed by atoms with Crippen LogP contribution < -0.4 is 0 Å². The first-order chi connectivity index (χ1) is 10.5. The van der Waals surface area contributed by atoms with Gasteiger partial charge in [-0.25, -0.2) is 0 Å². The molecule has 0 aromatic heterocycles. The third-order valence-corrected chi connectivity index (χ3v) is 3.65. The first kappa shape index (κ1) is 16.2. The first-order valence-corrected chi connectivity index (χ1v) is 7.56. The summed E-state index contributed by atoms with van der Waals surface area (Å²) >= 11 is 0. The molecule has 2 aromatic carbocycles. The van der Waals surface area contributed by atoms with Crippen molar-refractivity contribution in [2.45, 2.75) is 20.0 Å². The van der Waals surface area contributed by atoms with E-state index in [-0.39, 0.29) is 12.0 Å². The Balaban J connectivity index is 2.25. The zero-order chi connectivity index (χ0) is 16.1. The number of ether oxygens (including phenoxy) is 1. The van der Waals surface area contributed by atoms with Gasteiger partial charge in [-0.15, -0.1) is 0 Å². The molecule has 0 saturated carbocycles. The standard InChI is InChI=1S/C19H23NO2/c1-5-22-14(2)15-9-11-16(12-10-15)17-7-6-8-18(13-17)19(21)20(3)4/h6-14H,5H2,1-4H3/t14-/m0/s1. The number of carbonyl (C=O) groups excluding carboxylic acids is 1. The van der Waals surface area contributed by atoms with Crippen molar-refractivity contribution in [3.63, 3.8) is 0 Å². The van der Waals surface area contributed by atoms with Gasteiger partial charge in [0, 0.05) is 26.3 Å². The molecule has 0 heterocycles. The third kappa shape index (κ3) is 3.74. The molecule has 0 spiro atoms. The van der Waals surface area contributed by atoms with E-state index in [1.54, 1.807) is 19.0 Å². The molecule has 116 valence electrons. The highest BCUT2D eigenvalue weighted by Gasteiger charge is 2.09. The highest BCUT2D eigenvalue weighted by molar-refractivity contribution is 5.95. The minimum Gasteiger partial charge on any atom is -0.374 e. The summed E-state index contributed by atoms with van der Waals surface area (Å²) in [6.07, 6.45) is 0.0979. The Morgan fingerprint density at radius 3 is 2.36 bits per heavy atom. The van der Waals surface area contributed by atoms with Crippen molar-refractivity contribution in [2.75, 3.05) is 20.7 Å². The molecule has 3 nitrogen and oxygen atoms in total. The van der Waals surface area contributed by atoms with Crippen molar-refractivity contribution in [3.05, 3.63) is 59.7 Å². The topological polar surface area (TPSA) is 29.5 Å². The zero-order valence-electron chi connectivity index (χ0n) is 13.7. The fourth-order valence-electron chi connectivity index (χ4n) is 2.38. The second-order valence-electron chi connectivity index (χ2n) is 5.50. The van der Waals surface area contributed by atoms with E-state index < -0.39 is 0 Å². The van der Waals surface area contributed by atoms with E-state index in [1.807, 2.05) is 31.2 Å². The summed E-state index contributed by atoms with van der Waals surface area (Å²) in [7, 11) is 3.53. The van der Waals surface area contributed by atoms with Gasteiger partial charge < -0.3 is 9.64 Å². The minimum absolute atomic E-state index is 0.0171. The van der Waals surface area contributed by atoms with Crippen LogP contribution in [-0.2, 0) is 4.74 Å². The fraction of sp³-hybridized carbons (Fsp3) is 0.316. The molecule has 1 atom stereocenters. The summed E-state index contributed by atoms with van der Waals surface area (Å²) in [6.45, 7) is 4.75. The smallest absolute Gasteiger partial charge is 0.253 e. The van der Waals surface area contributed by atoms with E-state index in [9.17, 15) is 4.79 Å². The van der Waals surface area contributed by atoms with Crippen LogP contribution >= 0.6 is 0 Å². The van der Waals surface area contributed by atoms with Crippen LogP contribution in [0.15, 0.2) is 48.5 Å². The summed E-state index contributed by atoms with van der Waals surface area (Å²) in [5, 5.41) is 0. The van der Waals surface area contributed by atoms with Crippen LogP contribution in [0.2, 0.25) is 0 Å². The number of nitrogens with zero attached hydrogens (tertiary/aromatic N) is 1. The van der Waals surface area contributed by atoms with Crippen LogP contribution in [-0.4, -0.2) is 31.5 Å². The molecule has 0 unspecified atom stereocenters. The van der Waals surface area contributed by atoms with E-state index in [2.05, 4.69) is 31.2 Å². The Bertz CT molecular complexity index is 632. The molecule has 0 aliphatic heterocycles. The summed E-state index contributed by atoms with van der Waals surface area (Å²) in [5.74, 6) is 0.0171. The van der Waals surface area contributed by atoms with Gasteiger partial charge in [0.15, 0.2) is 0 Å². The molecule has 0 fully saturated rings. The highest BCUT2D eigenvalue weighted by atomic mass is 16.5. The van der Waals surface area contributed by atoms with Gasteiger partial charge in [-0.1, -0.05) is 36.4 Å². The monoisotopic (exact) mass is 297 g/mol. The van der Waals surface area contributed by atoms with Gasteiger partial charge >= 0.3 is 0 Å². The molecule has 0 saturated heterocycles. The maximum atomic E-state index is 12.1. The predicted molar refractivity (Wildman–Crippen MR) is 89.9 cm³/mol. The van der Waals surface area contributed by atoms with Crippen molar-refractivity contribution in [1.82, 2.24) is 4.90 Å². The lowest BCUT2D eigenvalue weighted by Gasteiger charge is -2.13. The van der Waals surface area contributed by atoms with Crippen molar-refractivity contribution in [3.8, 4) is 11.1 Å². The molecular formula is C19H23NO2. The lowest BCUT2D eigenvalue weighted by Crippen LogP contribution is -2.21. The number of carbonyl (C=O) groups is 1. The van der Waals surface area contributed by atoms with Gasteiger partial charge in [-0.2, -0.15) is 0 Å². The summed E-state index contributed by atoms with van der Waals surface area (Å²) in [5.41, 5.74) is 4.00. The number of hydrogen-bond acceptors (Lipinski definition) is 2. The van der Waals surface area contributed by atoms with Crippen LogP contribution in [0.3, 0.4) is 0 Å². The van der Waals surface area contributed by atoms with Crippen molar-refractivity contribution in [1.29, 1.82) is 0 Å². The third-order valence-electron chi connectivity index (χ3n) is 3.65. The Morgan fingerprint density at radius 1 is 1.09 bits per heavy atom. The molecule has 0 aliphatic carbocycles. The maximum absolute atomic E-state index is 12.1. The largest absolute Gasteiger partial charge is 0.374 e. The van der Waals surface area contributed by atoms with Gasteiger partial charge in [-0.3, -0.25) is 4.79 Å². The molecule has 2 rings (SSSR count). The van der Waals surface area contributed by atoms with Crippen LogP contribution in [0.4, 0.5) is 0 Å². The van der Waals surface area contributed by atoms with Crippen LogP contribution in [0.25, 0.3) is 11.1 Å². The van der Waals surface area contributed by atoms with E-state index in [0.717, 1.165) is 16.7 Å². The van der Waals surface area contributed by atoms with Gasteiger partial charge in [0.05, 0.1) is 6.10 Å². The predicted octanol–water partition coefficient (Wildman–Crippen LogP) is 4.15. The van der Waals surface area contributed by atoms with E-state index in [4.69, 9.17) is 4.74 Å². The van der Waals surface area contributed by atoms with Crippen LogP contribution in [0.1, 0.15) is 35.9 Å². The van der Waals surface area contributed by atoms with Crippen molar-refractivity contribution >= 4 is 5.91 Å². The summed E-state index contributed by atoms with van der Waals surface area (Å²) < 4.78 is 5.60. The molecular weight excluding hydrogens is 274 g/mol. The average molecular weight is 297 g/mol. The SMILES string of the molecule is CCO[C@@H](C)c1ccc(-c2cccc(C(=O)N(C)C)c2)cc1. The minimum atomic E-state index is 0.0171. The number of rotatable bonds is 5. The number of amides is 1. The van der Waals surface area contributed by atoms with Gasteiger partial charge in [-0.05, 0) is 42.7 Å². The number of hydrogen-bond donors (Lipinski definition) is 0. The normalized spacial score (nSPS) is 12.0. The molecule has 3 heteroatoms. The molecule has 22 heavy (non-hydrogen) atoms. The molecule has 0 bridgehead atoms. The second-order valence-corrected chi connectivity index (χ2v) is 5.50. The van der Waals surface area contributed by atoms with Gasteiger partial charge in [0.1, 0.15) is 0 Å². The van der Waals surface area contributed by atoms with E-state index in [0.29, 0.717) is 12.2 Å². The van der Waals surface area contributed by atoms with E-state index >= 15 is 0 Å². The van der Waals surface area contributed by atoms with Crippen LogP contribution in [0, 0.1) is 0 Å². The average Bonchev–Trinajstić information content (AvgIpc) is 2.54. The van der Waals surface area contributed by atoms with Crippen molar-refractivity contribution < 1.29 is 9.53 Å². The lowest BCUT2D eigenvalue weighted by molar-refractivity contribution is 0.0764. The summed E-state index contributed by atoms with van der Waals surface area (Å²) in [6, 6.07) is 16.0. The Labute approximate surface area is 132 Å². The lowest BCUT2D eigenvalue weighted by atomic mass is 10.0. The van der Waals surface area contributed by atoms with Crippen LogP contribution in [0.5, 0.6) is 0 Å². The zero-order valence-corrected chi connectivity index (χ0v) is 13.7. The highest BCUT2D eigenvalue weighted by Crippen LogP contribution is 2.24. The molecule has 1 amide bonds. The molecule has 0 aliphatic rings. The Morgan fingerprint density at radius 2 is 1.77 bits per heavy atom. The second kappa shape index (κ2) is 7.23. The Kier molecular flexibility index (Phi) is 5.34.